The van der Waals surface area contributed by atoms with Gasteiger partial charge < -0.3 is 22.7 Å². The second-order valence-electron chi connectivity index (χ2n) is 5.34. The van der Waals surface area contributed by atoms with E-state index < -0.39 is 12.0 Å². The lowest BCUT2D eigenvalue weighted by Crippen LogP contribution is -2.29. The molecule has 2 aromatic carbocycles. The third-order valence-corrected chi connectivity index (χ3v) is 3.44. The Bertz CT molecular complexity index is 622. The fourth-order valence-corrected chi connectivity index (χ4v) is 2.02. The maximum absolute atomic E-state index is 10.5. The first-order valence-electron chi connectivity index (χ1n) is 7.87. The van der Waals surface area contributed by atoms with E-state index in [4.69, 9.17) is 16.6 Å². The fraction of sp³-hybridized carbons (Fsp3) is 0.263. The SMILES string of the molecule is N.NCCCC[C@H](N)C(=O)O.O=Cc1ccc(-c2ccccc2)cc1.[H+]. The zero-order chi connectivity index (χ0) is 17.8. The van der Waals surface area contributed by atoms with E-state index in [1.165, 1.54) is 5.56 Å². The quantitative estimate of drug-likeness (QED) is 0.448. The van der Waals surface area contributed by atoms with Crippen molar-refractivity contribution in [2.75, 3.05) is 6.54 Å². The molecule has 0 unspecified atom stereocenters. The minimum atomic E-state index is -0.933. The first-order chi connectivity index (χ1) is 11.6. The fourth-order valence-electron chi connectivity index (χ4n) is 2.02. The zero-order valence-corrected chi connectivity index (χ0v) is 14.3. The van der Waals surface area contributed by atoms with Crippen LogP contribution in [-0.2, 0) is 4.79 Å². The van der Waals surface area contributed by atoms with Crippen LogP contribution in [0.1, 0.15) is 31.0 Å². The molecular formula is C19H28N3O3+. The van der Waals surface area contributed by atoms with Crippen LogP contribution in [0.5, 0.6) is 0 Å². The highest BCUT2D eigenvalue weighted by Crippen LogP contribution is 2.18. The molecule has 0 saturated carbocycles. The number of carboxylic acids is 1. The van der Waals surface area contributed by atoms with Gasteiger partial charge in [0.05, 0.1) is 0 Å². The largest absolute Gasteiger partial charge is 1.00 e. The van der Waals surface area contributed by atoms with Crippen LogP contribution in [0.4, 0.5) is 0 Å². The van der Waals surface area contributed by atoms with Crippen molar-refractivity contribution < 1.29 is 16.1 Å². The molecule has 0 spiro atoms. The van der Waals surface area contributed by atoms with Gasteiger partial charge in [-0.05, 0) is 30.5 Å². The second-order valence-corrected chi connectivity index (χ2v) is 5.34. The van der Waals surface area contributed by atoms with Gasteiger partial charge in [-0.25, -0.2) is 0 Å². The molecule has 2 aromatic rings. The van der Waals surface area contributed by atoms with E-state index >= 15 is 0 Å². The van der Waals surface area contributed by atoms with Crippen LogP contribution < -0.4 is 17.6 Å². The lowest BCUT2D eigenvalue weighted by molar-refractivity contribution is -0.138. The summed E-state index contributed by atoms with van der Waals surface area (Å²) >= 11 is 0. The minimum absolute atomic E-state index is 0. The summed E-state index contributed by atoms with van der Waals surface area (Å²) in [5, 5.41) is 8.33. The highest BCUT2D eigenvalue weighted by atomic mass is 16.4. The van der Waals surface area contributed by atoms with Crippen molar-refractivity contribution in [1.82, 2.24) is 6.15 Å². The van der Waals surface area contributed by atoms with Crippen LogP contribution in [0, 0.1) is 0 Å². The maximum atomic E-state index is 10.5. The molecule has 0 amide bonds. The van der Waals surface area contributed by atoms with Crippen molar-refractivity contribution in [2.45, 2.75) is 25.3 Å². The number of carbonyl (C=O) groups excluding carboxylic acids is 1. The van der Waals surface area contributed by atoms with Crippen molar-refractivity contribution >= 4 is 12.3 Å². The summed E-state index contributed by atoms with van der Waals surface area (Å²) in [6.07, 6.45) is 3.02. The van der Waals surface area contributed by atoms with Gasteiger partial charge >= 0.3 is 7.40 Å². The Morgan fingerprint density at radius 2 is 1.60 bits per heavy atom. The molecule has 0 aliphatic rings. The smallest absolute Gasteiger partial charge is 0.480 e. The highest BCUT2D eigenvalue weighted by Gasteiger charge is 2.09. The van der Waals surface area contributed by atoms with Crippen molar-refractivity contribution in [3.05, 3.63) is 60.2 Å². The number of hydrogen-bond acceptors (Lipinski definition) is 5. The van der Waals surface area contributed by atoms with Crippen LogP contribution in [-0.4, -0.2) is 29.9 Å². The third kappa shape index (κ3) is 8.76. The number of aldehydes is 1. The van der Waals surface area contributed by atoms with Crippen molar-refractivity contribution in [3.8, 4) is 11.1 Å². The summed E-state index contributed by atoms with van der Waals surface area (Å²) < 4.78 is 0. The van der Waals surface area contributed by atoms with Gasteiger partial charge in [0, 0.05) is 5.56 Å². The third-order valence-electron chi connectivity index (χ3n) is 3.44. The predicted octanol–water partition coefficient (Wildman–Crippen LogP) is 2.97. The van der Waals surface area contributed by atoms with Gasteiger partial charge in [-0.15, -0.1) is 0 Å². The molecule has 6 nitrogen and oxygen atoms in total. The van der Waals surface area contributed by atoms with Gasteiger partial charge in [0.25, 0.3) is 0 Å². The summed E-state index contributed by atoms with van der Waals surface area (Å²) in [6, 6.07) is 17.0. The van der Waals surface area contributed by atoms with Gasteiger partial charge in [0.15, 0.2) is 0 Å². The number of aliphatic carboxylic acids is 1. The highest BCUT2D eigenvalue weighted by molar-refractivity contribution is 5.76. The number of rotatable bonds is 7. The molecule has 0 saturated heterocycles. The Kier molecular flexibility index (Phi) is 11.5. The molecule has 1 atom stereocenters. The first kappa shape index (κ1) is 22.5. The first-order valence-corrected chi connectivity index (χ1v) is 7.87. The van der Waals surface area contributed by atoms with E-state index in [0.29, 0.717) is 18.5 Å². The summed E-state index contributed by atoms with van der Waals surface area (Å²) in [5.74, 6) is -0.933. The number of carboxylic acid groups (broad SMARTS) is 1. The summed E-state index contributed by atoms with van der Waals surface area (Å²) in [7, 11) is 0. The molecule has 0 aromatic heterocycles. The van der Waals surface area contributed by atoms with E-state index in [-0.39, 0.29) is 7.58 Å². The maximum Gasteiger partial charge on any atom is 1.00 e. The summed E-state index contributed by atoms with van der Waals surface area (Å²) in [5.41, 5.74) is 13.4. The molecule has 0 aliphatic carbocycles. The molecule has 0 aliphatic heterocycles. The normalized spacial score (nSPS) is 10.6. The Labute approximate surface area is 149 Å². The van der Waals surface area contributed by atoms with E-state index in [9.17, 15) is 9.59 Å². The van der Waals surface area contributed by atoms with Crippen molar-refractivity contribution in [1.29, 1.82) is 0 Å². The number of nitrogens with two attached hydrogens (primary N) is 2. The van der Waals surface area contributed by atoms with Crippen LogP contribution >= 0.6 is 0 Å². The predicted molar refractivity (Wildman–Crippen MR) is 102 cm³/mol. The minimum Gasteiger partial charge on any atom is -0.480 e. The molecule has 0 fully saturated rings. The van der Waals surface area contributed by atoms with Crippen molar-refractivity contribution in [2.24, 2.45) is 11.5 Å². The lowest BCUT2D eigenvalue weighted by atomic mass is 10.0. The lowest BCUT2D eigenvalue weighted by Gasteiger charge is -2.03. The molecule has 0 heterocycles. The topological polar surface area (TPSA) is 141 Å². The Morgan fingerprint density at radius 3 is 2.08 bits per heavy atom. The van der Waals surface area contributed by atoms with Crippen LogP contribution in [0.25, 0.3) is 11.1 Å². The van der Waals surface area contributed by atoms with E-state index in [0.717, 1.165) is 24.7 Å². The molecule has 0 bridgehead atoms. The van der Waals surface area contributed by atoms with Gasteiger partial charge in [-0.2, -0.15) is 0 Å². The van der Waals surface area contributed by atoms with Gasteiger partial charge in [0.1, 0.15) is 12.3 Å². The Balaban J connectivity index is 0. The molecule has 0 radical (unpaired) electrons. The molecule has 25 heavy (non-hydrogen) atoms. The Hall–Kier alpha value is -2.54. The number of unbranched alkanes of at least 4 members (excludes halogenated alkanes) is 1. The van der Waals surface area contributed by atoms with Gasteiger partial charge in [-0.1, -0.05) is 61.0 Å². The van der Waals surface area contributed by atoms with Crippen LogP contribution in [0.15, 0.2) is 54.6 Å². The number of carbonyl (C=O) groups is 2. The summed E-state index contributed by atoms with van der Waals surface area (Å²) in [4.78, 5) is 20.6. The molecule has 6 heteroatoms. The van der Waals surface area contributed by atoms with Gasteiger partial charge in [-0.3, -0.25) is 9.59 Å². The van der Waals surface area contributed by atoms with Gasteiger partial charge in [0.2, 0.25) is 0 Å². The van der Waals surface area contributed by atoms with E-state index in [1.54, 1.807) is 0 Å². The molecule has 2 rings (SSSR count). The number of hydrogen-bond donors (Lipinski definition) is 4. The van der Waals surface area contributed by atoms with E-state index in [2.05, 4.69) is 12.1 Å². The molecule has 8 N–H and O–H groups in total. The average Bonchev–Trinajstić information content (AvgIpc) is 2.63. The van der Waals surface area contributed by atoms with Crippen LogP contribution in [0.3, 0.4) is 0 Å². The number of benzene rings is 2. The van der Waals surface area contributed by atoms with Crippen molar-refractivity contribution in [3.63, 3.8) is 0 Å². The monoisotopic (exact) mass is 346 g/mol. The molecule has 136 valence electrons. The van der Waals surface area contributed by atoms with Crippen LogP contribution in [0.2, 0.25) is 0 Å². The zero-order valence-electron chi connectivity index (χ0n) is 15.3. The van der Waals surface area contributed by atoms with E-state index in [1.807, 2.05) is 42.5 Å². The second kappa shape index (κ2) is 12.8. The molecular weight excluding hydrogens is 318 g/mol. The summed E-state index contributed by atoms with van der Waals surface area (Å²) in [6.45, 7) is 0.604. The Morgan fingerprint density at radius 1 is 1.04 bits per heavy atom. The standard InChI is InChI=1S/C13H10O.C6H14N2O2.H3N/c14-10-11-6-8-13(9-7-11)12-4-2-1-3-5-12;7-4-2-1-3-5(8)6(9)10;/h1-10H;5H,1-4,7-8H2,(H,9,10);1H3/p+1/t;5-;/m.0./s1. The average molecular weight is 346 g/mol.